The number of nitriles is 1. The summed E-state index contributed by atoms with van der Waals surface area (Å²) in [6.07, 6.45) is 0. The third-order valence-corrected chi connectivity index (χ3v) is 0.903. The van der Waals surface area contributed by atoms with Gasteiger partial charge in [-0.25, -0.2) is 0 Å². The van der Waals surface area contributed by atoms with Gasteiger partial charge >= 0.3 is 0 Å². The molecule has 54 valence electrons. The van der Waals surface area contributed by atoms with Crippen molar-refractivity contribution in [2.45, 2.75) is 0 Å². The molecule has 3 heteroatoms. The second kappa shape index (κ2) is 6.27. The number of benzene rings is 1. The number of rotatable bonds is 0. The Hall–Kier alpha value is -0.850. The fourth-order valence-corrected chi connectivity index (χ4v) is 0.513. The fourth-order valence-electron chi connectivity index (χ4n) is 0.513. The standard InChI is InChI=1S/C7H5N.BrH.H2O/c8-6-7-4-2-1-3-5-7;;/h1-5H;1H;1H2. The van der Waals surface area contributed by atoms with Gasteiger partial charge in [0.05, 0.1) is 11.6 Å². The summed E-state index contributed by atoms with van der Waals surface area (Å²) in [6.45, 7) is 0. The summed E-state index contributed by atoms with van der Waals surface area (Å²) in [5.41, 5.74) is 0.715. The maximum absolute atomic E-state index is 8.29. The molecule has 0 saturated heterocycles. The van der Waals surface area contributed by atoms with Crippen molar-refractivity contribution in [3.05, 3.63) is 35.9 Å². The Morgan fingerprint density at radius 1 is 1.10 bits per heavy atom. The summed E-state index contributed by atoms with van der Waals surface area (Å²) < 4.78 is 0. The molecule has 0 radical (unpaired) electrons. The van der Waals surface area contributed by atoms with Crippen molar-refractivity contribution in [3.63, 3.8) is 0 Å². The van der Waals surface area contributed by atoms with Gasteiger partial charge in [-0.05, 0) is 12.1 Å². The van der Waals surface area contributed by atoms with Crippen LogP contribution in [-0.2, 0) is 0 Å². The van der Waals surface area contributed by atoms with E-state index in [2.05, 4.69) is 0 Å². The van der Waals surface area contributed by atoms with Crippen molar-refractivity contribution < 1.29 is 5.48 Å². The summed E-state index contributed by atoms with van der Waals surface area (Å²) in [5.74, 6) is 0. The van der Waals surface area contributed by atoms with E-state index in [0.717, 1.165) is 0 Å². The van der Waals surface area contributed by atoms with E-state index in [-0.39, 0.29) is 22.5 Å². The minimum Gasteiger partial charge on any atom is -0.412 e. The molecule has 0 heterocycles. The van der Waals surface area contributed by atoms with Gasteiger partial charge < -0.3 is 5.48 Å². The maximum atomic E-state index is 8.29. The number of hydrogen-bond acceptors (Lipinski definition) is 1. The first-order chi connectivity index (χ1) is 3.93. The Labute approximate surface area is 70.2 Å². The van der Waals surface area contributed by atoms with Crippen LogP contribution in [0.2, 0.25) is 0 Å². The van der Waals surface area contributed by atoms with Crippen molar-refractivity contribution in [1.29, 1.82) is 5.26 Å². The van der Waals surface area contributed by atoms with Gasteiger partial charge in [0.25, 0.3) is 0 Å². The van der Waals surface area contributed by atoms with Crippen molar-refractivity contribution in [3.8, 4) is 6.07 Å². The van der Waals surface area contributed by atoms with Gasteiger partial charge in [0.2, 0.25) is 0 Å². The average molecular weight is 202 g/mol. The number of nitrogens with zero attached hydrogens (tertiary/aromatic N) is 1. The summed E-state index contributed by atoms with van der Waals surface area (Å²) in [6, 6.07) is 11.2. The lowest BCUT2D eigenvalue weighted by Crippen LogP contribution is -1.66. The molecule has 0 aliphatic carbocycles. The van der Waals surface area contributed by atoms with E-state index >= 15 is 0 Å². The van der Waals surface area contributed by atoms with E-state index in [9.17, 15) is 0 Å². The highest BCUT2D eigenvalue weighted by Crippen LogP contribution is 1.92. The third kappa shape index (κ3) is 3.23. The van der Waals surface area contributed by atoms with Gasteiger partial charge in [0.1, 0.15) is 0 Å². The highest BCUT2D eigenvalue weighted by Gasteiger charge is 1.79. The molecule has 1 aromatic carbocycles. The number of hydrogen-bond donors (Lipinski definition) is 0. The molecule has 0 aliphatic heterocycles. The Bertz CT molecular complexity index is 205. The van der Waals surface area contributed by atoms with Gasteiger partial charge in [-0.3, -0.25) is 0 Å². The van der Waals surface area contributed by atoms with Crippen LogP contribution in [0.3, 0.4) is 0 Å². The molecule has 2 N–H and O–H groups in total. The van der Waals surface area contributed by atoms with Crippen molar-refractivity contribution >= 4 is 17.0 Å². The molecule has 0 aromatic heterocycles. The van der Waals surface area contributed by atoms with Crippen molar-refractivity contribution in [1.82, 2.24) is 0 Å². The summed E-state index contributed by atoms with van der Waals surface area (Å²) in [4.78, 5) is 0. The van der Waals surface area contributed by atoms with Crippen LogP contribution in [0.4, 0.5) is 0 Å². The Morgan fingerprint density at radius 3 is 1.90 bits per heavy atom. The van der Waals surface area contributed by atoms with Crippen LogP contribution in [0, 0.1) is 11.3 Å². The van der Waals surface area contributed by atoms with Crippen LogP contribution >= 0.6 is 17.0 Å². The molecule has 0 bridgehead atoms. The van der Waals surface area contributed by atoms with Gasteiger partial charge in [-0.15, -0.1) is 17.0 Å². The molecule has 0 spiro atoms. The van der Waals surface area contributed by atoms with Crippen LogP contribution in [0.25, 0.3) is 0 Å². The summed E-state index contributed by atoms with van der Waals surface area (Å²) in [5, 5.41) is 8.29. The predicted octanol–water partition coefficient (Wildman–Crippen LogP) is 1.31. The number of halogens is 1. The van der Waals surface area contributed by atoms with Crippen LogP contribution in [0.5, 0.6) is 0 Å². The molecule has 0 amide bonds. The Kier molecular flexibility index (Phi) is 7.46. The van der Waals surface area contributed by atoms with Gasteiger partial charge in [-0.1, -0.05) is 18.2 Å². The first-order valence-electron chi connectivity index (χ1n) is 2.38. The van der Waals surface area contributed by atoms with E-state index in [1.165, 1.54) is 0 Å². The Balaban J connectivity index is 0. The lowest BCUT2D eigenvalue weighted by atomic mass is 10.2. The topological polar surface area (TPSA) is 55.3 Å². The average Bonchev–Trinajstić information content (AvgIpc) is 1.90. The Morgan fingerprint density at radius 2 is 1.60 bits per heavy atom. The molecule has 0 atom stereocenters. The van der Waals surface area contributed by atoms with Crippen LogP contribution in [0.1, 0.15) is 5.56 Å². The quantitative estimate of drug-likeness (QED) is 0.625. The fraction of sp³-hybridized carbons (Fsp3) is 0. The lowest BCUT2D eigenvalue weighted by molar-refractivity contribution is 0.824. The second-order valence-corrected chi connectivity index (χ2v) is 1.48. The van der Waals surface area contributed by atoms with E-state index in [0.29, 0.717) is 5.56 Å². The van der Waals surface area contributed by atoms with Gasteiger partial charge in [-0.2, -0.15) is 5.26 Å². The van der Waals surface area contributed by atoms with Crippen molar-refractivity contribution in [2.24, 2.45) is 0 Å². The molecule has 10 heavy (non-hydrogen) atoms. The predicted molar refractivity (Wildman–Crippen MR) is 45.1 cm³/mol. The summed E-state index contributed by atoms with van der Waals surface area (Å²) >= 11 is 0. The zero-order valence-electron chi connectivity index (χ0n) is 5.24. The molecule has 0 aliphatic rings. The largest absolute Gasteiger partial charge is 0.412 e. The first-order valence-corrected chi connectivity index (χ1v) is 2.38. The van der Waals surface area contributed by atoms with Gasteiger partial charge in [0, 0.05) is 0 Å². The molecule has 1 aromatic rings. The highest BCUT2D eigenvalue weighted by molar-refractivity contribution is 8.93. The molecule has 2 nitrogen and oxygen atoms in total. The molecule has 1 rings (SSSR count). The molecule has 0 fully saturated rings. The SMILES string of the molecule is Br.N#Cc1ccccc1.O. The third-order valence-electron chi connectivity index (χ3n) is 0.903. The zero-order chi connectivity index (χ0) is 5.82. The van der Waals surface area contributed by atoms with E-state index in [4.69, 9.17) is 5.26 Å². The van der Waals surface area contributed by atoms with E-state index in [1.54, 1.807) is 12.1 Å². The summed E-state index contributed by atoms with van der Waals surface area (Å²) in [7, 11) is 0. The smallest absolute Gasteiger partial charge is 0.0991 e. The molecular weight excluding hydrogens is 194 g/mol. The van der Waals surface area contributed by atoms with Crippen LogP contribution in [0.15, 0.2) is 30.3 Å². The molecule has 0 saturated carbocycles. The molecular formula is C7H8BrNO. The van der Waals surface area contributed by atoms with Gasteiger partial charge in [0.15, 0.2) is 0 Å². The lowest BCUT2D eigenvalue weighted by Gasteiger charge is -1.80. The first kappa shape index (κ1) is 11.9. The van der Waals surface area contributed by atoms with Crippen LogP contribution < -0.4 is 0 Å². The zero-order valence-corrected chi connectivity index (χ0v) is 6.96. The minimum atomic E-state index is 0. The van der Waals surface area contributed by atoms with Crippen LogP contribution in [-0.4, -0.2) is 5.48 Å². The maximum Gasteiger partial charge on any atom is 0.0991 e. The molecule has 0 unspecified atom stereocenters. The van der Waals surface area contributed by atoms with Crippen molar-refractivity contribution in [2.75, 3.05) is 0 Å². The minimum absolute atomic E-state index is 0. The second-order valence-electron chi connectivity index (χ2n) is 1.48. The normalized spacial score (nSPS) is 6.30. The highest BCUT2D eigenvalue weighted by atomic mass is 79.9. The van der Waals surface area contributed by atoms with E-state index in [1.807, 2.05) is 24.3 Å². The monoisotopic (exact) mass is 201 g/mol. The van der Waals surface area contributed by atoms with E-state index < -0.39 is 0 Å².